The average Bonchev–Trinajstić information content (AvgIpc) is 2.94. The summed E-state index contributed by atoms with van der Waals surface area (Å²) in [6, 6.07) is 4.78. The summed E-state index contributed by atoms with van der Waals surface area (Å²) in [6.45, 7) is 7.45. The van der Waals surface area contributed by atoms with Gasteiger partial charge in [-0.15, -0.1) is 0 Å². The van der Waals surface area contributed by atoms with E-state index < -0.39 is 22.3 Å². The Hall–Kier alpha value is -2.68. The number of anilines is 1. The number of rotatable bonds is 6. The summed E-state index contributed by atoms with van der Waals surface area (Å²) in [5.74, 6) is -0.0568. The topological polar surface area (TPSA) is 114 Å². The van der Waals surface area contributed by atoms with E-state index >= 15 is 0 Å². The average molecular weight is 392 g/mol. The number of nitrogens with zero attached hydrogens (tertiary/aromatic N) is 2. The number of amides is 1. The first kappa shape index (κ1) is 21.6. The monoisotopic (exact) mass is 392 g/mol. The molecule has 0 aromatic heterocycles. The number of nitrogens with one attached hydrogen (secondary N) is 2. The molecule has 154 valence electrons. The summed E-state index contributed by atoms with van der Waals surface area (Å²) in [7, 11) is 1.61. The van der Waals surface area contributed by atoms with Crippen LogP contribution in [-0.2, 0) is 15.2 Å². The molecule has 0 saturated carbocycles. The first-order valence-electron chi connectivity index (χ1n) is 9.21. The molecular weight excluding hydrogens is 364 g/mol. The molecule has 1 aliphatic heterocycles. The van der Waals surface area contributed by atoms with E-state index in [9.17, 15) is 19.7 Å². The molecule has 1 amide bonds. The van der Waals surface area contributed by atoms with Crippen molar-refractivity contribution in [1.29, 1.82) is 0 Å². The number of nitro benzene ring substituents is 1. The van der Waals surface area contributed by atoms with E-state index in [2.05, 4.69) is 10.6 Å². The normalized spacial score (nSPS) is 19.9. The summed E-state index contributed by atoms with van der Waals surface area (Å²) in [5.41, 5.74) is -0.928. The zero-order chi connectivity index (χ0) is 21.1. The Bertz CT molecular complexity index is 774. The van der Waals surface area contributed by atoms with E-state index in [-0.39, 0.29) is 18.0 Å². The van der Waals surface area contributed by atoms with Crippen molar-refractivity contribution in [3.63, 3.8) is 0 Å². The maximum atomic E-state index is 12.6. The lowest BCUT2D eigenvalue weighted by Crippen LogP contribution is -2.56. The number of hydrogen-bond acceptors (Lipinski definition) is 7. The van der Waals surface area contributed by atoms with Gasteiger partial charge in [-0.3, -0.25) is 25.1 Å². The quantitative estimate of drug-likeness (QED) is 0.565. The molecule has 0 spiro atoms. The van der Waals surface area contributed by atoms with Crippen LogP contribution in [0.4, 0.5) is 16.2 Å². The molecule has 1 atom stereocenters. The van der Waals surface area contributed by atoms with Crippen LogP contribution in [0, 0.1) is 10.1 Å². The molecule has 1 saturated heterocycles. The molecule has 1 fully saturated rings. The predicted molar refractivity (Wildman–Crippen MR) is 105 cm³/mol. The number of likely N-dealkylation sites (tertiary alicyclic amines) is 1. The van der Waals surface area contributed by atoms with Crippen LogP contribution in [0.15, 0.2) is 18.2 Å². The van der Waals surface area contributed by atoms with Gasteiger partial charge in [0.25, 0.3) is 5.69 Å². The van der Waals surface area contributed by atoms with Crippen LogP contribution in [0.25, 0.3) is 0 Å². The first-order chi connectivity index (χ1) is 13.0. The third-order valence-corrected chi connectivity index (χ3v) is 4.57. The van der Waals surface area contributed by atoms with Gasteiger partial charge in [-0.25, -0.2) is 4.79 Å². The van der Waals surface area contributed by atoms with Gasteiger partial charge in [0.1, 0.15) is 22.7 Å². The Kier molecular flexibility index (Phi) is 6.28. The first-order valence-corrected chi connectivity index (χ1v) is 9.21. The number of hydrogen-bond donors (Lipinski definition) is 2. The summed E-state index contributed by atoms with van der Waals surface area (Å²) >= 11 is 0. The van der Waals surface area contributed by atoms with Crippen molar-refractivity contribution in [3.8, 4) is 0 Å². The molecule has 0 radical (unpaired) electrons. The minimum atomic E-state index is -1.05. The lowest BCUT2D eigenvalue weighted by atomic mass is 9.95. The number of nitro groups is 1. The van der Waals surface area contributed by atoms with Crippen molar-refractivity contribution < 1.29 is 19.2 Å². The fraction of sp³-hybridized carbons (Fsp3) is 0.579. The molecule has 2 rings (SSSR count). The molecule has 0 unspecified atom stereocenters. The number of Topliss-reactive ketones (excluding diaryl/α,β-unsaturated/α-hetero) is 1. The van der Waals surface area contributed by atoms with E-state index in [0.717, 1.165) is 6.42 Å². The van der Waals surface area contributed by atoms with Gasteiger partial charge in [-0.1, -0.05) is 6.07 Å². The second-order valence-corrected chi connectivity index (χ2v) is 7.95. The molecule has 9 heteroatoms. The minimum absolute atomic E-state index is 0.0568. The second kappa shape index (κ2) is 8.14. The fourth-order valence-electron chi connectivity index (χ4n) is 3.52. The van der Waals surface area contributed by atoms with Gasteiger partial charge in [-0.05, 0) is 52.2 Å². The number of alkyl carbamates (subject to hydrolysis) is 1. The Balaban J connectivity index is 2.52. The molecule has 0 bridgehead atoms. The summed E-state index contributed by atoms with van der Waals surface area (Å²) < 4.78 is 5.41. The smallest absolute Gasteiger partial charge is 0.409 e. The highest BCUT2D eigenvalue weighted by atomic mass is 16.6. The van der Waals surface area contributed by atoms with Gasteiger partial charge in [-0.2, -0.15) is 0 Å². The van der Waals surface area contributed by atoms with E-state index in [0.29, 0.717) is 24.2 Å². The highest BCUT2D eigenvalue weighted by molar-refractivity contribution is 5.78. The molecule has 1 heterocycles. The van der Waals surface area contributed by atoms with Crippen LogP contribution in [0.3, 0.4) is 0 Å². The molecule has 1 aliphatic rings. The van der Waals surface area contributed by atoms with Gasteiger partial charge >= 0.3 is 6.09 Å². The van der Waals surface area contributed by atoms with Crippen LogP contribution >= 0.6 is 0 Å². The van der Waals surface area contributed by atoms with Crippen molar-refractivity contribution >= 4 is 23.3 Å². The van der Waals surface area contributed by atoms with E-state index in [1.54, 1.807) is 40.0 Å². The molecule has 9 nitrogen and oxygen atoms in total. The highest BCUT2D eigenvalue weighted by Crippen LogP contribution is 2.39. The number of benzene rings is 1. The van der Waals surface area contributed by atoms with E-state index in [4.69, 9.17) is 4.74 Å². The van der Waals surface area contributed by atoms with Gasteiger partial charge in [0.2, 0.25) is 0 Å². The van der Waals surface area contributed by atoms with Gasteiger partial charge < -0.3 is 10.1 Å². The largest absolute Gasteiger partial charge is 0.444 e. The van der Waals surface area contributed by atoms with Crippen molar-refractivity contribution in [2.45, 2.75) is 51.8 Å². The summed E-state index contributed by atoms with van der Waals surface area (Å²) in [4.78, 5) is 37.3. The SMILES string of the molecule is CNc1ccc([C@@]2(NC(=O)OC(C)(C)C)CCCN2CC(C)=O)cc1[N+](=O)[O-]. The Morgan fingerprint density at radius 3 is 2.57 bits per heavy atom. The molecule has 1 aromatic carbocycles. The van der Waals surface area contributed by atoms with Crippen molar-refractivity contribution in [3.05, 3.63) is 33.9 Å². The van der Waals surface area contributed by atoms with Crippen molar-refractivity contribution in [1.82, 2.24) is 10.2 Å². The maximum Gasteiger partial charge on any atom is 0.409 e. The zero-order valence-corrected chi connectivity index (χ0v) is 17.0. The van der Waals surface area contributed by atoms with Crippen molar-refractivity contribution in [2.24, 2.45) is 0 Å². The molecule has 2 N–H and O–H groups in total. The van der Waals surface area contributed by atoms with Crippen LogP contribution in [-0.4, -0.2) is 47.4 Å². The molecule has 1 aromatic rings. The minimum Gasteiger partial charge on any atom is -0.444 e. The summed E-state index contributed by atoms with van der Waals surface area (Å²) in [6.07, 6.45) is 0.601. The van der Waals surface area contributed by atoms with Crippen LogP contribution in [0.2, 0.25) is 0 Å². The third-order valence-electron chi connectivity index (χ3n) is 4.57. The lowest BCUT2D eigenvalue weighted by molar-refractivity contribution is -0.384. The Morgan fingerprint density at radius 2 is 2.04 bits per heavy atom. The maximum absolute atomic E-state index is 12.6. The highest BCUT2D eigenvalue weighted by Gasteiger charge is 2.45. The van der Waals surface area contributed by atoms with Crippen molar-refractivity contribution in [2.75, 3.05) is 25.5 Å². The van der Waals surface area contributed by atoms with Crippen LogP contribution in [0.5, 0.6) is 0 Å². The van der Waals surface area contributed by atoms with E-state index in [1.807, 2.05) is 4.90 Å². The summed E-state index contributed by atoms with van der Waals surface area (Å²) in [5, 5.41) is 17.2. The second-order valence-electron chi connectivity index (χ2n) is 7.95. The van der Waals surface area contributed by atoms with Crippen LogP contribution < -0.4 is 10.6 Å². The lowest BCUT2D eigenvalue weighted by Gasteiger charge is -2.39. The van der Waals surface area contributed by atoms with Gasteiger partial charge in [0, 0.05) is 19.7 Å². The Morgan fingerprint density at radius 1 is 1.36 bits per heavy atom. The van der Waals surface area contributed by atoms with Crippen LogP contribution in [0.1, 0.15) is 46.1 Å². The molecule has 0 aliphatic carbocycles. The number of carbonyl (C=O) groups excluding carboxylic acids is 2. The predicted octanol–water partition coefficient (Wildman–Crippen LogP) is 3.00. The zero-order valence-electron chi connectivity index (χ0n) is 17.0. The van der Waals surface area contributed by atoms with E-state index in [1.165, 1.54) is 13.0 Å². The number of ketones is 1. The van der Waals surface area contributed by atoms with Gasteiger partial charge in [0.05, 0.1) is 11.5 Å². The number of carbonyl (C=O) groups is 2. The fourth-order valence-corrected chi connectivity index (χ4v) is 3.52. The standard InChI is InChI=1S/C19H28N4O5/c1-13(24)12-22-10-6-9-19(22,21-17(25)28-18(2,3)4)14-7-8-15(20-5)16(11-14)23(26)27/h7-8,11,20H,6,9-10,12H2,1-5H3,(H,21,25)/t19-/m1/s1. The molecule has 28 heavy (non-hydrogen) atoms. The third kappa shape index (κ3) is 4.78. The molecular formula is C19H28N4O5. The van der Waals surface area contributed by atoms with Gasteiger partial charge in [0.15, 0.2) is 0 Å². The number of ether oxygens (including phenoxy) is 1. The Labute approximate surface area is 164 Å².